The van der Waals surface area contributed by atoms with Crippen LogP contribution in [-0.4, -0.2) is 39.2 Å². The van der Waals surface area contributed by atoms with E-state index in [1.807, 2.05) is 4.31 Å². The first kappa shape index (κ1) is 22.0. The lowest BCUT2D eigenvalue weighted by atomic mass is 9.75. The monoisotopic (exact) mass is 483 g/mol. The zero-order chi connectivity index (χ0) is 21.6. The van der Waals surface area contributed by atoms with Gasteiger partial charge in [0, 0.05) is 24.7 Å². The van der Waals surface area contributed by atoms with Crippen molar-refractivity contribution in [2.75, 3.05) is 13.1 Å². The molecule has 5 nitrogen and oxygen atoms in total. The molecule has 2 N–H and O–H groups in total. The van der Waals surface area contributed by atoms with Gasteiger partial charge < -0.3 is 10.6 Å². The third kappa shape index (κ3) is 4.64. The molecule has 5 rings (SSSR count). The molecular weight excluding hydrogens is 453 g/mol. The first-order valence-corrected chi connectivity index (χ1v) is 13.5. The van der Waals surface area contributed by atoms with Crippen LogP contribution in [0.3, 0.4) is 0 Å². The van der Waals surface area contributed by atoms with Crippen molar-refractivity contribution >= 4 is 40.2 Å². The fourth-order valence-electron chi connectivity index (χ4n) is 6.67. The van der Waals surface area contributed by atoms with E-state index in [0.717, 1.165) is 37.0 Å². The summed E-state index contributed by atoms with van der Waals surface area (Å²) in [6.45, 7) is 1.35. The summed E-state index contributed by atoms with van der Waals surface area (Å²) in [7, 11) is -1.27. The lowest BCUT2D eigenvalue weighted by molar-refractivity contribution is 0.173. The third-order valence-corrected chi connectivity index (χ3v) is 10.2. The molecule has 3 aliphatic carbocycles. The molecule has 3 bridgehead atoms. The van der Waals surface area contributed by atoms with Crippen molar-refractivity contribution in [3.8, 4) is 0 Å². The predicted octanol–water partition coefficient (Wildman–Crippen LogP) is 5.14. The molecule has 5 unspecified atom stereocenters. The molecule has 2 amide bonds. The van der Waals surface area contributed by atoms with E-state index in [1.165, 1.54) is 38.5 Å². The fraction of sp³-hybridized carbons (Fsp3) is 0.696. The Bertz CT molecular complexity index is 872. The highest BCUT2D eigenvalue weighted by Crippen LogP contribution is 2.55. The maximum Gasteiger partial charge on any atom is 0.315 e. The van der Waals surface area contributed by atoms with Crippen molar-refractivity contribution in [1.29, 1.82) is 0 Å². The molecule has 1 heterocycles. The highest BCUT2D eigenvalue weighted by molar-refractivity contribution is 7.82. The number of piperidine rings is 1. The molecule has 4 fully saturated rings. The van der Waals surface area contributed by atoms with E-state index in [2.05, 4.69) is 10.6 Å². The maximum atomic E-state index is 12.9. The number of fused-ring (bicyclic) bond motifs is 2. The highest BCUT2D eigenvalue weighted by Gasteiger charge is 2.52. The molecular formula is C23H31Cl2N3O2S. The van der Waals surface area contributed by atoms with Gasteiger partial charge in [-0.05, 0) is 74.5 Å². The Balaban J connectivity index is 1.13. The van der Waals surface area contributed by atoms with E-state index < -0.39 is 11.0 Å². The Hall–Kier alpha value is -0.820. The van der Waals surface area contributed by atoms with Crippen molar-refractivity contribution in [2.45, 2.75) is 74.3 Å². The molecule has 0 radical (unpaired) electrons. The molecule has 3 saturated carbocycles. The third-order valence-electron chi connectivity index (χ3n) is 7.97. The second-order valence-electron chi connectivity index (χ2n) is 10.1. The molecule has 1 saturated heterocycles. The number of amides is 2. The van der Waals surface area contributed by atoms with Gasteiger partial charge in [-0.25, -0.2) is 13.3 Å². The quantitative estimate of drug-likeness (QED) is 0.622. The molecule has 8 heteroatoms. The van der Waals surface area contributed by atoms with Crippen molar-refractivity contribution in [2.24, 2.45) is 17.8 Å². The van der Waals surface area contributed by atoms with Crippen LogP contribution in [0.1, 0.15) is 57.8 Å². The standard InChI is InChI=1S/C23H31Cl2N3O2S/c24-20-5-4-19(11-21(20)25)31(30)28-8-6-18(7-9-28)26-22(29)27-23-12-15-2-1-3-16(13-23)17(10-15)14-23/h4-5,11,15-18H,1-3,6-10,12-14H2,(H2,26,27,29). The number of nitrogens with one attached hydrogen (secondary N) is 2. The lowest BCUT2D eigenvalue weighted by Gasteiger charge is -2.39. The second-order valence-corrected chi connectivity index (χ2v) is 12.4. The fourth-order valence-corrected chi connectivity index (χ4v) is 8.28. The van der Waals surface area contributed by atoms with E-state index in [4.69, 9.17) is 23.2 Å². The summed E-state index contributed by atoms with van der Waals surface area (Å²) in [5.74, 6) is 2.43. The average molecular weight is 484 g/mol. The van der Waals surface area contributed by atoms with E-state index in [-0.39, 0.29) is 17.6 Å². The Morgan fingerprint density at radius 1 is 1.03 bits per heavy atom. The molecule has 170 valence electrons. The van der Waals surface area contributed by atoms with Crippen LogP contribution in [0, 0.1) is 17.8 Å². The van der Waals surface area contributed by atoms with Crippen molar-refractivity contribution in [3.05, 3.63) is 28.2 Å². The molecule has 5 atom stereocenters. The zero-order valence-corrected chi connectivity index (χ0v) is 20.1. The normalized spacial score (nSPS) is 34.3. The van der Waals surface area contributed by atoms with Crippen LogP contribution in [0.5, 0.6) is 0 Å². The predicted molar refractivity (Wildman–Crippen MR) is 125 cm³/mol. The largest absolute Gasteiger partial charge is 0.335 e. The summed E-state index contributed by atoms with van der Waals surface area (Å²) >= 11 is 12.0. The lowest BCUT2D eigenvalue weighted by Crippen LogP contribution is -2.56. The summed E-state index contributed by atoms with van der Waals surface area (Å²) in [5.41, 5.74) is 0.0266. The van der Waals surface area contributed by atoms with Crippen LogP contribution < -0.4 is 10.6 Å². The van der Waals surface area contributed by atoms with Gasteiger partial charge in [0.2, 0.25) is 0 Å². The SMILES string of the molecule is O=C(NC1CCN(S(=O)c2ccc(Cl)c(Cl)c2)CC1)NC12CC3CCCC(C1)C(C3)C2. The first-order chi connectivity index (χ1) is 14.9. The van der Waals surface area contributed by atoms with E-state index in [1.54, 1.807) is 18.2 Å². The number of carbonyl (C=O) groups is 1. The summed E-state index contributed by atoms with van der Waals surface area (Å²) in [6, 6.07) is 5.23. The van der Waals surface area contributed by atoms with Crippen LogP contribution in [0.15, 0.2) is 23.1 Å². The summed E-state index contributed by atoms with van der Waals surface area (Å²) in [5, 5.41) is 7.51. The molecule has 1 aromatic rings. The van der Waals surface area contributed by atoms with E-state index in [0.29, 0.717) is 28.0 Å². The summed E-state index contributed by atoms with van der Waals surface area (Å²) < 4.78 is 14.8. The summed E-state index contributed by atoms with van der Waals surface area (Å²) in [4.78, 5) is 13.5. The minimum atomic E-state index is -1.27. The van der Waals surface area contributed by atoms with Crippen LogP contribution >= 0.6 is 23.2 Å². The van der Waals surface area contributed by atoms with E-state index >= 15 is 0 Å². The Kier molecular flexibility index (Phi) is 6.28. The molecule has 31 heavy (non-hydrogen) atoms. The zero-order valence-electron chi connectivity index (χ0n) is 17.7. The van der Waals surface area contributed by atoms with Crippen molar-refractivity contribution in [3.63, 3.8) is 0 Å². The van der Waals surface area contributed by atoms with Gasteiger partial charge in [-0.3, -0.25) is 0 Å². The highest BCUT2D eigenvalue weighted by atomic mass is 35.5. The summed E-state index contributed by atoms with van der Waals surface area (Å²) in [6.07, 6.45) is 10.5. The topological polar surface area (TPSA) is 61.4 Å². The minimum Gasteiger partial charge on any atom is -0.335 e. The number of halogens is 2. The van der Waals surface area contributed by atoms with E-state index in [9.17, 15) is 9.00 Å². The Labute approximate surface area is 197 Å². The van der Waals surface area contributed by atoms with Gasteiger partial charge in [0.05, 0.1) is 14.9 Å². The number of hydrogen-bond acceptors (Lipinski definition) is 2. The number of rotatable bonds is 4. The molecule has 4 aliphatic rings. The van der Waals surface area contributed by atoms with Crippen LogP contribution in [0.25, 0.3) is 0 Å². The molecule has 0 aromatic heterocycles. The Morgan fingerprint density at radius 3 is 2.58 bits per heavy atom. The van der Waals surface area contributed by atoms with Gasteiger partial charge in [-0.15, -0.1) is 0 Å². The van der Waals surface area contributed by atoms with Crippen molar-refractivity contribution < 1.29 is 9.00 Å². The van der Waals surface area contributed by atoms with Gasteiger partial charge in [0.1, 0.15) is 11.0 Å². The number of benzene rings is 1. The smallest absolute Gasteiger partial charge is 0.315 e. The van der Waals surface area contributed by atoms with Crippen LogP contribution in [0.4, 0.5) is 4.79 Å². The number of nitrogens with zero attached hydrogens (tertiary/aromatic N) is 1. The molecule has 1 aromatic carbocycles. The molecule has 1 aliphatic heterocycles. The van der Waals surface area contributed by atoms with Gasteiger partial charge in [-0.2, -0.15) is 0 Å². The Morgan fingerprint density at radius 2 is 1.81 bits per heavy atom. The average Bonchev–Trinajstić information content (AvgIpc) is 2.89. The molecule has 0 spiro atoms. The second kappa shape index (κ2) is 8.85. The first-order valence-electron chi connectivity index (χ1n) is 11.6. The number of hydrogen-bond donors (Lipinski definition) is 2. The number of carbonyl (C=O) groups excluding carboxylic acids is 1. The van der Waals surface area contributed by atoms with Gasteiger partial charge in [-0.1, -0.05) is 42.5 Å². The van der Waals surface area contributed by atoms with Crippen LogP contribution in [-0.2, 0) is 11.0 Å². The number of urea groups is 1. The van der Waals surface area contributed by atoms with Gasteiger partial charge >= 0.3 is 6.03 Å². The van der Waals surface area contributed by atoms with Gasteiger partial charge in [0.15, 0.2) is 0 Å². The van der Waals surface area contributed by atoms with Gasteiger partial charge in [0.25, 0.3) is 0 Å². The van der Waals surface area contributed by atoms with Crippen molar-refractivity contribution in [1.82, 2.24) is 14.9 Å². The van der Waals surface area contributed by atoms with Crippen LogP contribution in [0.2, 0.25) is 10.0 Å². The minimum absolute atomic E-state index is 0.00956. The maximum absolute atomic E-state index is 12.9.